The van der Waals surface area contributed by atoms with E-state index in [9.17, 15) is 9.59 Å². The number of fused-ring (bicyclic) bond motifs is 1. The van der Waals surface area contributed by atoms with Crippen molar-refractivity contribution in [3.05, 3.63) is 63.9 Å². The zero-order valence-corrected chi connectivity index (χ0v) is 14.3. The minimum absolute atomic E-state index is 0.446. The number of hydrogen-bond acceptors (Lipinski definition) is 4. The molecule has 3 rings (SSSR count). The van der Waals surface area contributed by atoms with Crippen molar-refractivity contribution in [3.63, 3.8) is 0 Å². The summed E-state index contributed by atoms with van der Waals surface area (Å²) in [6.07, 6.45) is 0. The highest BCUT2D eigenvalue weighted by Gasteiger charge is 2.14. The molecule has 2 aromatic carbocycles. The van der Waals surface area contributed by atoms with Crippen LogP contribution < -0.4 is 4.80 Å². The van der Waals surface area contributed by atoms with Gasteiger partial charge < -0.3 is 9.30 Å². The predicted octanol–water partition coefficient (Wildman–Crippen LogP) is 3.00. The Morgan fingerprint density at radius 1 is 1.17 bits per heavy atom. The SMILES string of the molecule is COC(=O)C(=O)N=c1sc2ccccc2n1Cc1ccc(Cl)cc1. The van der Waals surface area contributed by atoms with Crippen LogP contribution in [-0.4, -0.2) is 23.6 Å². The molecule has 0 spiro atoms. The lowest BCUT2D eigenvalue weighted by Crippen LogP contribution is -2.21. The lowest BCUT2D eigenvalue weighted by atomic mass is 10.2. The molecule has 0 unspecified atom stereocenters. The van der Waals surface area contributed by atoms with Gasteiger partial charge in [-0.1, -0.05) is 47.2 Å². The Balaban J connectivity index is 2.11. The summed E-state index contributed by atoms with van der Waals surface area (Å²) in [6.45, 7) is 0.508. The molecule has 0 saturated heterocycles. The van der Waals surface area contributed by atoms with Crippen molar-refractivity contribution in [2.45, 2.75) is 6.54 Å². The number of para-hydroxylation sites is 1. The highest BCUT2D eigenvalue weighted by atomic mass is 35.5. The maximum Gasteiger partial charge on any atom is 0.399 e. The zero-order valence-electron chi connectivity index (χ0n) is 12.7. The Bertz CT molecular complexity index is 973. The molecule has 122 valence electrons. The van der Waals surface area contributed by atoms with Crippen LogP contribution in [0.2, 0.25) is 5.02 Å². The summed E-state index contributed by atoms with van der Waals surface area (Å²) >= 11 is 7.26. The van der Waals surface area contributed by atoms with Gasteiger partial charge in [-0.25, -0.2) is 4.79 Å². The van der Waals surface area contributed by atoms with Crippen LogP contribution in [0.5, 0.6) is 0 Å². The van der Waals surface area contributed by atoms with Crippen LogP contribution in [-0.2, 0) is 20.9 Å². The third-order valence-corrected chi connectivity index (χ3v) is 4.71. The van der Waals surface area contributed by atoms with Gasteiger partial charge in [-0.2, -0.15) is 4.99 Å². The molecule has 0 atom stereocenters. The first-order valence-corrected chi connectivity index (χ1v) is 8.28. The van der Waals surface area contributed by atoms with E-state index in [2.05, 4.69) is 9.73 Å². The number of ether oxygens (including phenoxy) is 1. The summed E-state index contributed by atoms with van der Waals surface area (Å²) in [5.41, 5.74) is 1.95. The van der Waals surface area contributed by atoms with E-state index >= 15 is 0 Å². The van der Waals surface area contributed by atoms with Crippen LogP contribution in [0.25, 0.3) is 10.2 Å². The molecular weight excluding hydrogens is 348 g/mol. The zero-order chi connectivity index (χ0) is 17.1. The number of esters is 1. The summed E-state index contributed by atoms with van der Waals surface area (Å²) in [4.78, 5) is 27.5. The van der Waals surface area contributed by atoms with Gasteiger partial charge in [0.2, 0.25) is 0 Å². The van der Waals surface area contributed by atoms with Gasteiger partial charge in [-0.15, -0.1) is 0 Å². The number of benzene rings is 2. The number of amides is 1. The summed E-state index contributed by atoms with van der Waals surface area (Å²) in [5, 5.41) is 0.657. The molecule has 0 aliphatic heterocycles. The van der Waals surface area contributed by atoms with Crippen molar-refractivity contribution in [1.29, 1.82) is 0 Å². The van der Waals surface area contributed by atoms with Gasteiger partial charge in [0.15, 0.2) is 4.80 Å². The number of methoxy groups -OCH3 is 1. The second kappa shape index (κ2) is 6.98. The van der Waals surface area contributed by atoms with E-state index in [1.165, 1.54) is 11.3 Å². The van der Waals surface area contributed by atoms with E-state index in [4.69, 9.17) is 11.6 Å². The molecule has 5 nitrogen and oxygen atoms in total. The van der Waals surface area contributed by atoms with Gasteiger partial charge in [0, 0.05) is 5.02 Å². The number of hydrogen-bond donors (Lipinski definition) is 0. The molecule has 3 aromatic rings. The van der Waals surface area contributed by atoms with Crippen molar-refractivity contribution in [3.8, 4) is 0 Å². The lowest BCUT2D eigenvalue weighted by Gasteiger charge is -2.05. The fourth-order valence-electron chi connectivity index (χ4n) is 2.25. The Kier molecular flexibility index (Phi) is 4.78. The van der Waals surface area contributed by atoms with Crippen LogP contribution in [0.4, 0.5) is 0 Å². The Morgan fingerprint density at radius 2 is 1.88 bits per heavy atom. The molecule has 0 fully saturated rings. The molecule has 0 radical (unpaired) electrons. The minimum Gasteiger partial charge on any atom is -0.462 e. The van der Waals surface area contributed by atoms with Crippen molar-refractivity contribution in [2.24, 2.45) is 4.99 Å². The highest BCUT2D eigenvalue weighted by molar-refractivity contribution is 7.16. The number of carbonyl (C=O) groups is 2. The fourth-order valence-corrected chi connectivity index (χ4v) is 3.40. The normalized spacial score (nSPS) is 11.7. The van der Waals surface area contributed by atoms with Crippen LogP contribution in [0.3, 0.4) is 0 Å². The average Bonchev–Trinajstić information content (AvgIpc) is 2.93. The number of halogens is 1. The standard InChI is InChI=1S/C17H13ClN2O3S/c1-23-16(22)15(21)19-17-20(10-11-6-8-12(18)9-7-11)13-4-2-3-5-14(13)24-17/h2-9H,10H2,1H3. The molecule has 7 heteroatoms. The number of carbonyl (C=O) groups excluding carboxylic acids is 2. The van der Waals surface area contributed by atoms with E-state index in [1.807, 2.05) is 53.1 Å². The molecule has 24 heavy (non-hydrogen) atoms. The molecule has 1 amide bonds. The summed E-state index contributed by atoms with van der Waals surface area (Å²) in [5.74, 6) is -1.90. The number of rotatable bonds is 2. The number of thiazole rings is 1. The number of nitrogens with zero attached hydrogens (tertiary/aromatic N) is 2. The second-order valence-electron chi connectivity index (χ2n) is 4.97. The minimum atomic E-state index is -0.981. The van der Waals surface area contributed by atoms with Gasteiger partial charge in [0.25, 0.3) is 0 Å². The first kappa shape index (κ1) is 16.4. The van der Waals surface area contributed by atoms with E-state index in [0.717, 1.165) is 22.9 Å². The third-order valence-electron chi connectivity index (χ3n) is 3.40. The van der Waals surface area contributed by atoms with Gasteiger partial charge in [0.05, 0.1) is 23.9 Å². The number of aromatic nitrogens is 1. The molecule has 0 N–H and O–H groups in total. The van der Waals surface area contributed by atoms with Gasteiger partial charge in [-0.3, -0.25) is 4.79 Å². The smallest absolute Gasteiger partial charge is 0.399 e. The molecule has 1 aromatic heterocycles. The average molecular weight is 361 g/mol. The fraction of sp³-hybridized carbons (Fsp3) is 0.118. The van der Waals surface area contributed by atoms with Gasteiger partial charge in [0.1, 0.15) is 0 Å². The van der Waals surface area contributed by atoms with Crippen molar-refractivity contribution in [2.75, 3.05) is 7.11 Å². The van der Waals surface area contributed by atoms with Crippen LogP contribution in [0.15, 0.2) is 53.5 Å². The molecule has 0 saturated carbocycles. The Morgan fingerprint density at radius 3 is 2.58 bits per heavy atom. The molecule has 1 heterocycles. The van der Waals surface area contributed by atoms with Crippen LogP contribution >= 0.6 is 22.9 Å². The largest absolute Gasteiger partial charge is 0.462 e. The maximum atomic E-state index is 11.8. The second-order valence-corrected chi connectivity index (χ2v) is 6.42. The summed E-state index contributed by atoms with van der Waals surface area (Å²) in [6, 6.07) is 15.2. The molecule has 0 aliphatic carbocycles. The summed E-state index contributed by atoms with van der Waals surface area (Å²) in [7, 11) is 1.16. The lowest BCUT2D eigenvalue weighted by molar-refractivity contribution is -0.151. The van der Waals surface area contributed by atoms with Crippen molar-refractivity contribution >= 4 is 45.0 Å². The van der Waals surface area contributed by atoms with E-state index in [0.29, 0.717) is 16.4 Å². The van der Waals surface area contributed by atoms with Gasteiger partial charge >= 0.3 is 11.9 Å². The van der Waals surface area contributed by atoms with E-state index < -0.39 is 11.9 Å². The quantitative estimate of drug-likeness (QED) is 0.521. The predicted molar refractivity (Wildman–Crippen MR) is 93.0 cm³/mol. The monoisotopic (exact) mass is 360 g/mol. The van der Waals surface area contributed by atoms with Gasteiger partial charge in [-0.05, 0) is 29.8 Å². The highest BCUT2D eigenvalue weighted by Crippen LogP contribution is 2.18. The molecule has 0 bridgehead atoms. The van der Waals surface area contributed by atoms with Crippen molar-refractivity contribution in [1.82, 2.24) is 4.57 Å². The van der Waals surface area contributed by atoms with Crippen LogP contribution in [0.1, 0.15) is 5.56 Å². The van der Waals surface area contributed by atoms with Crippen molar-refractivity contribution < 1.29 is 14.3 Å². The van der Waals surface area contributed by atoms with Crippen LogP contribution in [0, 0.1) is 0 Å². The first-order chi connectivity index (χ1) is 11.6. The first-order valence-electron chi connectivity index (χ1n) is 7.08. The third kappa shape index (κ3) is 3.39. The Hall–Kier alpha value is -2.44. The molecular formula is C17H13ClN2O3S. The maximum absolute atomic E-state index is 11.8. The topological polar surface area (TPSA) is 60.7 Å². The Labute approximate surface area is 146 Å². The summed E-state index contributed by atoms with van der Waals surface area (Å²) < 4.78 is 7.30. The van der Waals surface area contributed by atoms with E-state index in [1.54, 1.807) is 0 Å². The molecule has 0 aliphatic rings. The van der Waals surface area contributed by atoms with E-state index in [-0.39, 0.29) is 0 Å².